The van der Waals surface area contributed by atoms with Crippen LogP contribution in [0.1, 0.15) is 0 Å². The molecule has 0 fully saturated rings. The summed E-state index contributed by atoms with van der Waals surface area (Å²) in [6, 6.07) is 0. The van der Waals surface area contributed by atoms with Gasteiger partial charge in [-0.15, -0.1) is 0 Å². The summed E-state index contributed by atoms with van der Waals surface area (Å²) in [7, 11) is 0. The lowest BCUT2D eigenvalue weighted by molar-refractivity contribution is -0.110. The number of halogens is 1. The summed E-state index contributed by atoms with van der Waals surface area (Å²) >= 11 is -0.342. The van der Waals surface area contributed by atoms with E-state index in [-0.39, 0.29) is 26.5 Å². The molecule has 0 aliphatic carbocycles. The third-order valence-electron chi connectivity index (χ3n) is 0.850. The van der Waals surface area contributed by atoms with Gasteiger partial charge in [0.25, 0.3) is 0 Å². The van der Waals surface area contributed by atoms with Crippen LogP contribution in [-0.2, 0) is 4.79 Å². The number of carbonyl (C=O) groups is 1. The van der Waals surface area contributed by atoms with E-state index in [9.17, 15) is 4.79 Å². The Labute approximate surface area is 62.6 Å². The van der Waals surface area contributed by atoms with Crippen molar-refractivity contribution in [3.8, 4) is 0 Å². The molecule has 0 radical (unpaired) electrons. The standard InChI is InChI=1S/C6H5IO2/c8-4-5-6(9)2-1-3-7-5/h1-4,8H. The van der Waals surface area contributed by atoms with Gasteiger partial charge >= 0.3 is 0 Å². The molecule has 0 atom stereocenters. The van der Waals surface area contributed by atoms with Crippen LogP contribution < -0.4 is 0 Å². The van der Waals surface area contributed by atoms with E-state index in [4.69, 9.17) is 5.11 Å². The van der Waals surface area contributed by atoms with Crippen molar-refractivity contribution in [2.75, 3.05) is 0 Å². The Kier molecular flexibility index (Phi) is 2.16. The molecule has 0 amide bonds. The quantitative estimate of drug-likeness (QED) is 0.391. The first-order valence-corrected chi connectivity index (χ1v) is 4.69. The van der Waals surface area contributed by atoms with Gasteiger partial charge in [0.15, 0.2) is 5.78 Å². The van der Waals surface area contributed by atoms with Gasteiger partial charge in [-0.1, -0.05) is 26.8 Å². The second kappa shape index (κ2) is 2.91. The van der Waals surface area contributed by atoms with Crippen LogP contribution in [0, 0.1) is 0 Å². The van der Waals surface area contributed by atoms with Crippen molar-refractivity contribution in [3.63, 3.8) is 0 Å². The van der Waals surface area contributed by atoms with Crippen LogP contribution in [0.25, 0.3) is 0 Å². The molecule has 0 spiro atoms. The van der Waals surface area contributed by atoms with E-state index >= 15 is 0 Å². The Hall–Kier alpha value is -0.450. The Bertz CT molecular complexity index is 213. The number of carbonyl (C=O) groups excluding carboxylic acids is 1. The van der Waals surface area contributed by atoms with Crippen LogP contribution in [0.2, 0.25) is 0 Å². The van der Waals surface area contributed by atoms with Crippen molar-refractivity contribution in [3.05, 3.63) is 22.0 Å². The molecule has 9 heavy (non-hydrogen) atoms. The Morgan fingerprint density at radius 3 is 2.89 bits per heavy atom. The maximum Gasteiger partial charge on any atom is 0.194 e. The zero-order valence-electron chi connectivity index (χ0n) is 4.54. The first-order valence-electron chi connectivity index (χ1n) is 2.36. The fourth-order valence-corrected chi connectivity index (χ4v) is 1.90. The second-order valence-corrected chi connectivity index (χ2v) is 3.94. The molecule has 0 aromatic heterocycles. The topological polar surface area (TPSA) is 37.3 Å². The summed E-state index contributed by atoms with van der Waals surface area (Å²) in [5.74, 6) is -0.0483. The molecule has 0 saturated heterocycles. The van der Waals surface area contributed by atoms with Crippen molar-refractivity contribution in [1.29, 1.82) is 0 Å². The minimum atomic E-state index is -0.342. The molecule has 0 bridgehead atoms. The van der Waals surface area contributed by atoms with Gasteiger partial charge in [0.2, 0.25) is 0 Å². The maximum absolute atomic E-state index is 10.7. The van der Waals surface area contributed by atoms with Crippen LogP contribution >= 0.6 is 20.7 Å². The highest BCUT2D eigenvalue weighted by Gasteiger charge is 2.04. The van der Waals surface area contributed by atoms with E-state index in [0.717, 1.165) is 6.26 Å². The molecular weight excluding hydrogens is 231 g/mol. The zero-order valence-corrected chi connectivity index (χ0v) is 6.70. The molecule has 48 valence electrons. The van der Waals surface area contributed by atoms with Gasteiger partial charge in [-0.3, -0.25) is 4.79 Å². The lowest BCUT2D eigenvalue weighted by atomic mass is 10.3. The number of aliphatic hydroxyl groups excluding tert-OH is 1. The van der Waals surface area contributed by atoms with E-state index in [1.54, 1.807) is 6.08 Å². The molecule has 0 aromatic carbocycles. The fraction of sp³-hybridized carbons (Fsp3) is 0. The summed E-state index contributed by atoms with van der Waals surface area (Å²) in [6.07, 6.45) is 4.11. The molecule has 0 aromatic rings. The van der Waals surface area contributed by atoms with Crippen molar-refractivity contribution in [2.24, 2.45) is 0 Å². The lowest BCUT2D eigenvalue weighted by Crippen LogP contribution is -1.94. The predicted octanol–water partition coefficient (Wildman–Crippen LogP) is 1.30. The van der Waals surface area contributed by atoms with Gasteiger partial charge in [-0.05, 0) is 10.1 Å². The van der Waals surface area contributed by atoms with Gasteiger partial charge in [-0.25, -0.2) is 0 Å². The summed E-state index contributed by atoms with van der Waals surface area (Å²) < 4.78 is 2.50. The minimum absolute atomic E-state index is 0.0483. The monoisotopic (exact) mass is 236 g/mol. The summed E-state index contributed by atoms with van der Waals surface area (Å²) in [5, 5.41) is 8.45. The van der Waals surface area contributed by atoms with Gasteiger partial charge in [0.1, 0.15) is 0 Å². The van der Waals surface area contributed by atoms with Crippen molar-refractivity contribution in [2.45, 2.75) is 0 Å². The number of hydrogen-bond acceptors (Lipinski definition) is 2. The largest absolute Gasteiger partial charge is 0.514 e. The van der Waals surface area contributed by atoms with Crippen LogP contribution in [0.4, 0.5) is 0 Å². The van der Waals surface area contributed by atoms with E-state index in [2.05, 4.69) is 0 Å². The Balaban J connectivity index is 2.91. The lowest BCUT2D eigenvalue weighted by Gasteiger charge is -1.94. The maximum atomic E-state index is 10.7. The average Bonchev–Trinajstić information content (AvgIpc) is 1.89. The molecular formula is C6H5IO2. The van der Waals surface area contributed by atoms with E-state index in [1.165, 1.54) is 6.08 Å². The van der Waals surface area contributed by atoms with Gasteiger partial charge in [0.05, 0.1) is 9.84 Å². The second-order valence-electron chi connectivity index (χ2n) is 1.44. The summed E-state index contributed by atoms with van der Waals surface area (Å²) in [6.45, 7) is 0. The van der Waals surface area contributed by atoms with Gasteiger partial charge in [0, 0.05) is 0 Å². The van der Waals surface area contributed by atoms with Crippen LogP contribution in [-0.4, -0.2) is 14.9 Å². The molecule has 0 unspecified atom stereocenters. The number of aliphatic hydroxyl groups is 1. The fourth-order valence-electron chi connectivity index (χ4n) is 0.453. The van der Waals surface area contributed by atoms with Crippen LogP contribution in [0.3, 0.4) is 0 Å². The summed E-state index contributed by atoms with van der Waals surface area (Å²) in [4.78, 5) is 10.7. The molecule has 0 saturated carbocycles. The number of allylic oxidation sites excluding steroid dienone is 3. The Morgan fingerprint density at radius 1 is 1.67 bits per heavy atom. The number of hydrogen-bond donors (Lipinski definition) is 1. The van der Waals surface area contributed by atoms with Crippen molar-refractivity contribution in [1.82, 2.24) is 0 Å². The van der Waals surface area contributed by atoms with Crippen LogP contribution in [0.5, 0.6) is 0 Å². The minimum Gasteiger partial charge on any atom is -0.514 e. The normalized spacial score (nSPS) is 22.2. The van der Waals surface area contributed by atoms with Gasteiger partial charge in [-0.2, -0.15) is 0 Å². The third kappa shape index (κ3) is 1.48. The number of ketones is 1. The molecule has 1 N–H and O–H groups in total. The first-order chi connectivity index (χ1) is 4.34. The highest BCUT2D eigenvalue weighted by Crippen LogP contribution is 2.17. The first kappa shape index (κ1) is 6.67. The molecule has 1 heterocycles. The Morgan fingerprint density at radius 2 is 2.44 bits per heavy atom. The zero-order chi connectivity index (χ0) is 6.69. The molecule has 1 aliphatic heterocycles. The van der Waals surface area contributed by atoms with Gasteiger partial charge < -0.3 is 5.11 Å². The number of rotatable bonds is 0. The molecule has 3 heteroatoms. The van der Waals surface area contributed by atoms with E-state index in [1.807, 2.05) is 4.01 Å². The predicted molar refractivity (Wildman–Crippen MR) is 44.9 cm³/mol. The highest BCUT2D eigenvalue weighted by atomic mass is 127. The van der Waals surface area contributed by atoms with Crippen molar-refractivity contribution >= 4 is 30.5 Å². The van der Waals surface area contributed by atoms with E-state index in [0.29, 0.717) is 3.58 Å². The molecule has 1 aliphatic rings. The molecule has 2 nitrogen and oxygen atoms in total. The average molecular weight is 236 g/mol. The SMILES string of the molecule is O=C1C=CC=IC1=CO. The molecule has 1 rings (SSSR count). The summed E-state index contributed by atoms with van der Waals surface area (Å²) in [5.41, 5.74) is 0. The van der Waals surface area contributed by atoms with Crippen LogP contribution in [0.15, 0.2) is 22.0 Å². The van der Waals surface area contributed by atoms with E-state index < -0.39 is 0 Å². The third-order valence-corrected chi connectivity index (χ3v) is 3.11. The highest BCUT2D eigenvalue weighted by molar-refractivity contribution is 14.2. The smallest absolute Gasteiger partial charge is 0.194 e. The van der Waals surface area contributed by atoms with Crippen molar-refractivity contribution < 1.29 is 9.90 Å².